The van der Waals surface area contributed by atoms with E-state index in [0.29, 0.717) is 46.5 Å². The molecule has 7 nitrogen and oxygen atoms in total. The molecular weight excluding hydrogens is 456 g/mol. The second kappa shape index (κ2) is 12.0. The second-order valence-corrected chi connectivity index (χ2v) is 7.85. The summed E-state index contributed by atoms with van der Waals surface area (Å²) >= 11 is 6.10. The molecule has 3 rings (SSSR count). The quantitative estimate of drug-likeness (QED) is 0.439. The summed E-state index contributed by atoms with van der Waals surface area (Å²) in [6.07, 6.45) is 0.608. The van der Waals surface area contributed by atoms with Gasteiger partial charge in [-0.3, -0.25) is 9.59 Å². The number of ether oxygens (including phenoxy) is 3. The lowest BCUT2D eigenvalue weighted by Crippen LogP contribution is -2.27. The fourth-order valence-electron chi connectivity index (χ4n) is 3.30. The first-order valence-corrected chi connectivity index (χ1v) is 11.1. The van der Waals surface area contributed by atoms with Gasteiger partial charge in [0.15, 0.2) is 18.1 Å². The molecule has 0 unspecified atom stereocenters. The first-order valence-electron chi connectivity index (χ1n) is 10.7. The summed E-state index contributed by atoms with van der Waals surface area (Å²) < 4.78 is 16.2. The topological polar surface area (TPSA) is 85.9 Å². The van der Waals surface area contributed by atoms with Crippen LogP contribution in [-0.2, 0) is 11.2 Å². The maximum absolute atomic E-state index is 12.7. The van der Waals surface area contributed by atoms with E-state index in [1.54, 1.807) is 56.7 Å². The third kappa shape index (κ3) is 6.42. The standard InChI is InChI=1S/C26H27ClN2O5/c1-17-20(27)8-6-9-21(17)29-25(30)16-34-22-10-5-4-7-19(22)26(31)28-14-13-18-11-12-23(32-2)24(15-18)33-3/h4-12,15H,13-14,16H2,1-3H3,(H,28,31)(H,29,30). The maximum Gasteiger partial charge on any atom is 0.262 e. The number of amides is 2. The molecule has 178 valence electrons. The Morgan fingerprint density at radius 1 is 0.912 bits per heavy atom. The lowest BCUT2D eigenvalue weighted by molar-refractivity contribution is -0.118. The molecule has 3 aromatic carbocycles. The van der Waals surface area contributed by atoms with Gasteiger partial charge in [0.2, 0.25) is 0 Å². The summed E-state index contributed by atoms with van der Waals surface area (Å²) in [5.41, 5.74) is 2.73. The molecular formula is C26H27ClN2O5. The molecule has 34 heavy (non-hydrogen) atoms. The molecule has 0 aliphatic rings. The number of para-hydroxylation sites is 1. The first-order chi connectivity index (χ1) is 16.4. The Hall–Kier alpha value is -3.71. The Balaban J connectivity index is 1.56. The number of nitrogens with one attached hydrogen (secondary N) is 2. The molecule has 0 aliphatic heterocycles. The largest absolute Gasteiger partial charge is 0.493 e. The summed E-state index contributed by atoms with van der Waals surface area (Å²) in [6, 6.07) is 17.7. The van der Waals surface area contributed by atoms with Gasteiger partial charge in [-0.2, -0.15) is 0 Å². The van der Waals surface area contributed by atoms with Crippen molar-refractivity contribution < 1.29 is 23.8 Å². The van der Waals surface area contributed by atoms with Gasteiger partial charge in [-0.25, -0.2) is 0 Å². The molecule has 8 heteroatoms. The van der Waals surface area contributed by atoms with Gasteiger partial charge in [0, 0.05) is 17.3 Å². The van der Waals surface area contributed by atoms with Gasteiger partial charge in [0.1, 0.15) is 5.75 Å². The lowest BCUT2D eigenvalue weighted by atomic mass is 10.1. The van der Waals surface area contributed by atoms with Crippen molar-refractivity contribution in [3.05, 3.63) is 82.4 Å². The summed E-state index contributed by atoms with van der Waals surface area (Å²) in [5.74, 6) is 0.965. The van der Waals surface area contributed by atoms with E-state index >= 15 is 0 Å². The van der Waals surface area contributed by atoms with E-state index in [9.17, 15) is 9.59 Å². The predicted octanol–water partition coefficient (Wildman–Crippen LogP) is 4.66. The minimum Gasteiger partial charge on any atom is -0.493 e. The Labute approximate surface area is 204 Å². The highest BCUT2D eigenvalue weighted by Gasteiger charge is 2.14. The highest BCUT2D eigenvalue weighted by atomic mass is 35.5. The third-order valence-corrected chi connectivity index (χ3v) is 5.59. The van der Waals surface area contributed by atoms with Crippen LogP contribution >= 0.6 is 11.6 Å². The Bertz CT molecular complexity index is 1170. The molecule has 0 bridgehead atoms. The van der Waals surface area contributed by atoms with Gasteiger partial charge in [-0.05, 0) is 60.9 Å². The Kier molecular flexibility index (Phi) is 8.76. The zero-order valence-electron chi connectivity index (χ0n) is 19.3. The van der Waals surface area contributed by atoms with Gasteiger partial charge < -0.3 is 24.8 Å². The molecule has 0 fully saturated rings. The molecule has 2 amide bonds. The molecule has 0 spiro atoms. The van der Waals surface area contributed by atoms with E-state index in [0.717, 1.165) is 11.1 Å². The van der Waals surface area contributed by atoms with Gasteiger partial charge in [0.05, 0.1) is 19.8 Å². The van der Waals surface area contributed by atoms with E-state index in [1.165, 1.54) is 0 Å². The van der Waals surface area contributed by atoms with Crippen LogP contribution in [0.3, 0.4) is 0 Å². The number of rotatable bonds is 10. The smallest absolute Gasteiger partial charge is 0.262 e. The Morgan fingerprint density at radius 2 is 1.68 bits per heavy atom. The first kappa shape index (κ1) is 24.9. The fraction of sp³-hybridized carbons (Fsp3) is 0.231. The number of carbonyl (C=O) groups is 2. The average molecular weight is 483 g/mol. The Morgan fingerprint density at radius 3 is 2.44 bits per heavy atom. The van der Waals surface area contributed by atoms with Crippen LogP contribution in [0, 0.1) is 6.92 Å². The minimum absolute atomic E-state index is 0.248. The van der Waals surface area contributed by atoms with Crippen molar-refractivity contribution in [2.24, 2.45) is 0 Å². The zero-order valence-corrected chi connectivity index (χ0v) is 20.1. The third-order valence-electron chi connectivity index (χ3n) is 5.18. The SMILES string of the molecule is COc1ccc(CCNC(=O)c2ccccc2OCC(=O)Nc2cccc(Cl)c2C)cc1OC. The van der Waals surface area contributed by atoms with Crippen molar-refractivity contribution in [3.8, 4) is 17.2 Å². The predicted molar refractivity (Wildman–Crippen MR) is 132 cm³/mol. The highest BCUT2D eigenvalue weighted by Crippen LogP contribution is 2.27. The van der Waals surface area contributed by atoms with Crippen molar-refractivity contribution in [3.63, 3.8) is 0 Å². The van der Waals surface area contributed by atoms with Crippen LogP contribution in [0.4, 0.5) is 5.69 Å². The van der Waals surface area contributed by atoms with Crippen molar-refractivity contribution in [1.82, 2.24) is 5.32 Å². The van der Waals surface area contributed by atoms with Crippen LogP contribution < -0.4 is 24.8 Å². The van der Waals surface area contributed by atoms with Gasteiger partial charge in [-0.1, -0.05) is 35.9 Å². The fourth-order valence-corrected chi connectivity index (χ4v) is 3.48. The molecule has 0 atom stereocenters. The lowest BCUT2D eigenvalue weighted by Gasteiger charge is -2.13. The van der Waals surface area contributed by atoms with Gasteiger partial charge in [-0.15, -0.1) is 0 Å². The summed E-state index contributed by atoms with van der Waals surface area (Å²) in [7, 11) is 3.16. The van der Waals surface area contributed by atoms with Gasteiger partial charge >= 0.3 is 0 Å². The minimum atomic E-state index is -0.353. The molecule has 2 N–H and O–H groups in total. The van der Waals surface area contributed by atoms with E-state index in [2.05, 4.69) is 10.6 Å². The second-order valence-electron chi connectivity index (χ2n) is 7.44. The van der Waals surface area contributed by atoms with Crippen LogP contribution in [0.5, 0.6) is 17.2 Å². The zero-order chi connectivity index (χ0) is 24.5. The van der Waals surface area contributed by atoms with E-state index < -0.39 is 0 Å². The van der Waals surface area contributed by atoms with E-state index in [1.807, 2.05) is 25.1 Å². The van der Waals surface area contributed by atoms with Crippen molar-refractivity contribution in [2.75, 3.05) is 32.7 Å². The molecule has 0 heterocycles. The van der Waals surface area contributed by atoms with Crippen LogP contribution in [0.15, 0.2) is 60.7 Å². The molecule has 0 radical (unpaired) electrons. The maximum atomic E-state index is 12.7. The number of carbonyl (C=O) groups excluding carboxylic acids is 2. The van der Waals surface area contributed by atoms with E-state index in [-0.39, 0.29) is 18.4 Å². The highest BCUT2D eigenvalue weighted by molar-refractivity contribution is 6.31. The van der Waals surface area contributed by atoms with Crippen LogP contribution in [0.25, 0.3) is 0 Å². The van der Waals surface area contributed by atoms with Crippen molar-refractivity contribution in [1.29, 1.82) is 0 Å². The van der Waals surface area contributed by atoms with Crippen LogP contribution in [0.2, 0.25) is 5.02 Å². The molecule has 0 saturated carbocycles. The monoisotopic (exact) mass is 482 g/mol. The average Bonchev–Trinajstić information content (AvgIpc) is 2.85. The van der Waals surface area contributed by atoms with Crippen LogP contribution in [0.1, 0.15) is 21.5 Å². The normalized spacial score (nSPS) is 10.4. The number of hydrogen-bond acceptors (Lipinski definition) is 5. The van der Waals surface area contributed by atoms with Crippen molar-refractivity contribution in [2.45, 2.75) is 13.3 Å². The summed E-state index contributed by atoms with van der Waals surface area (Å²) in [6.45, 7) is 1.99. The molecule has 3 aromatic rings. The molecule has 0 saturated heterocycles. The number of halogens is 1. The van der Waals surface area contributed by atoms with E-state index in [4.69, 9.17) is 25.8 Å². The van der Waals surface area contributed by atoms with Crippen LogP contribution in [-0.4, -0.2) is 39.2 Å². The number of methoxy groups -OCH3 is 2. The number of hydrogen-bond donors (Lipinski definition) is 2. The number of anilines is 1. The number of benzene rings is 3. The summed E-state index contributed by atoms with van der Waals surface area (Å²) in [5, 5.41) is 6.22. The van der Waals surface area contributed by atoms with Crippen molar-refractivity contribution >= 4 is 29.1 Å². The molecule has 0 aromatic heterocycles. The molecule has 0 aliphatic carbocycles. The summed E-state index contributed by atoms with van der Waals surface area (Å²) in [4.78, 5) is 25.1. The van der Waals surface area contributed by atoms with Gasteiger partial charge in [0.25, 0.3) is 11.8 Å².